The predicted molar refractivity (Wildman–Crippen MR) is 53.5 cm³/mol. The molecule has 0 aromatic heterocycles. The maximum atomic E-state index is 12.8. The summed E-state index contributed by atoms with van der Waals surface area (Å²) in [6, 6.07) is 6.81. The SMILES string of the molecule is Fc1cccc(SC2CCNC2)c1. The Hall–Kier alpha value is -0.540. The molecule has 1 N–H and O–H groups in total. The molecule has 1 nitrogen and oxygen atoms in total. The van der Waals surface area contributed by atoms with E-state index in [2.05, 4.69) is 5.32 Å². The summed E-state index contributed by atoms with van der Waals surface area (Å²) < 4.78 is 12.8. The average Bonchev–Trinajstić information content (AvgIpc) is 2.57. The fourth-order valence-corrected chi connectivity index (χ4v) is 2.62. The van der Waals surface area contributed by atoms with Crippen LogP contribution in [-0.2, 0) is 0 Å². The van der Waals surface area contributed by atoms with Crippen molar-refractivity contribution in [3.8, 4) is 0 Å². The van der Waals surface area contributed by atoms with Gasteiger partial charge in [-0.3, -0.25) is 0 Å². The van der Waals surface area contributed by atoms with Crippen LogP contribution in [0, 0.1) is 5.82 Å². The van der Waals surface area contributed by atoms with Crippen molar-refractivity contribution in [2.45, 2.75) is 16.6 Å². The molecular weight excluding hydrogens is 185 g/mol. The molecule has 1 unspecified atom stereocenters. The number of hydrogen-bond donors (Lipinski definition) is 1. The third-order valence-electron chi connectivity index (χ3n) is 2.11. The zero-order valence-corrected chi connectivity index (χ0v) is 8.11. The van der Waals surface area contributed by atoms with Crippen LogP contribution >= 0.6 is 11.8 Å². The third kappa shape index (κ3) is 2.45. The molecule has 1 aliphatic heterocycles. The van der Waals surface area contributed by atoms with E-state index in [1.54, 1.807) is 23.9 Å². The highest BCUT2D eigenvalue weighted by molar-refractivity contribution is 8.00. The van der Waals surface area contributed by atoms with Crippen LogP contribution in [0.25, 0.3) is 0 Å². The standard InChI is InChI=1S/C10H12FNS/c11-8-2-1-3-9(6-8)13-10-4-5-12-7-10/h1-3,6,10,12H,4-5,7H2. The molecule has 0 saturated carbocycles. The molecule has 1 atom stereocenters. The molecule has 13 heavy (non-hydrogen) atoms. The summed E-state index contributed by atoms with van der Waals surface area (Å²) in [5, 5.41) is 3.91. The smallest absolute Gasteiger partial charge is 0.124 e. The van der Waals surface area contributed by atoms with E-state index in [0.717, 1.165) is 18.0 Å². The van der Waals surface area contributed by atoms with Crippen molar-refractivity contribution in [3.63, 3.8) is 0 Å². The minimum absolute atomic E-state index is 0.143. The zero-order chi connectivity index (χ0) is 9.10. The zero-order valence-electron chi connectivity index (χ0n) is 7.29. The molecule has 1 saturated heterocycles. The minimum Gasteiger partial charge on any atom is -0.316 e. The average molecular weight is 197 g/mol. The molecule has 2 rings (SSSR count). The van der Waals surface area contributed by atoms with Crippen LogP contribution in [-0.4, -0.2) is 18.3 Å². The molecule has 1 aliphatic rings. The van der Waals surface area contributed by atoms with Gasteiger partial charge in [0.25, 0.3) is 0 Å². The number of thioether (sulfide) groups is 1. The Balaban J connectivity index is 2.00. The molecular formula is C10H12FNS. The summed E-state index contributed by atoms with van der Waals surface area (Å²) in [5.41, 5.74) is 0. The second-order valence-corrected chi connectivity index (χ2v) is 4.56. The van der Waals surface area contributed by atoms with Crippen molar-refractivity contribution in [3.05, 3.63) is 30.1 Å². The van der Waals surface area contributed by atoms with Gasteiger partial charge in [-0.2, -0.15) is 0 Å². The van der Waals surface area contributed by atoms with Gasteiger partial charge >= 0.3 is 0 Å². The summed E-state index contributed by atoms with van der Waals surface area (Å²) in [7, 11) is 0. The maximum Gasteiger partial charge on any atom is 0.124 e. The van der Waals surface area contributed by atoms with E-state index in [0.29, 0.717) is 5.25 Å². The number of benzene rings is 1. The molecule has 0 amide bonds. The first kappa shape index (κ1) is 9.03. The molecule has 1 aromatic carbocycles. The van der Waals surface area contributed by atoms with E-state index < -0.39 is 0 Å². The topological polar surface area (TPSA) is 12.0 Å². The Labute approximate surface area is 81.7 Å². The fraction of sp³-hybridized carbons (Fsp3) is 0.400. The van der Waals surface area contributed by atoms with Crippen molar-refractivity contribution in [1.82, 2.24) is 5.32 Å². The monoisotopic (exact) mass is 197 g/mol. The number of hydrogen-bond acceptors (Lipinski definition) is 2. The molecule has 0 radical (unpaired) electrons. The van der Waals surface area contributed by atoms with E-state index in [1.165, 1.54) is 12.5 Å². The highest BCUT2D eigenvalue weighted by atomic mass is 32.2. The first-order valence-corrected chi connectivity index (χ1v) is 5.35. The lowest BCUT2D eigenvalue weighted by molar-refractivity contribution is 0.624. The molecule has 0 aliphatic carbocycles. The van der Waals surface area contributed by atoms with Gasteiger partial charge in [-0.05, 0) is 31.2 Å². The van der Waals surface area contributed by atoms with Crippen molar-refractivity contribution >= 4 is 11.8 Å². The van der Waals surface area contributed by atoms with Crippen molar-refractivity contribution in [2.75, 3.05) is 13.1 Å². The van der Waals surface area contributed by atoms with Gasteiger partial charge in [0.2, 0.25) is 0 Å². The van der Waals surface area contributed by atoms with E-state index in [-0.39, 0.29) is 5.82 Å². The maximum absolute atomic E-state index is 12.8. The normalized spacial score (nSPS) is 22.1. The van der Waals surface area contributed by atoms with Crippen LogP contribution in [0.4, 0.5) is 4.39 Å². The Morgan fingerprint density at radius 2 is 2.38 bits per heavy atom. The molecule has 0 bridgehead atoms. The molecule has 0 spiro atoms. The molecule has 1 aromatic rings. The van der Waals surface area contributed by atoms with Gasteiger partial charge in [-0.15, -0.1) is 11.8 Å². The molecule has 3 heteroatoms. The second-order valence-electron chi connectivity index (χ2n) is 3.19. The number of rotatable bonds is 2. The molecule has 70 valence electrons. The van der Waals surface area contributed by atoms with Gasteiger partial charge in [0.05, 0.1) is 0 Å². The largest absolute Gasteiger partial charge is 0.316 e. The van der Waals surface area contributed by atoms with Crippen LogP contribution < -0.4 is 5.32 Å². The van der Waals surface area contributed by atoms with E-state index in [1.807, 2.05) is 6.07 Å². The predicted octanol–water partition coefficient (Wildman–Crippen LogP) is 2.28. The number of nitrogens with one attached hydrogen (secondary N) is 1. The van der Waals surface area contributed by atoms with Gasteiger partial charge in [0.15, 0.2) is 0 Å². The Kier molecular flexibility index (Phi) is 2.86. The van der Waals surface area contributed by atoms with E-state index >= 15 is 0 Å². The van der Waals surface area contributed by atoms with Crippen LogP contribution in [0.15, 0.2) is 29.2 Å². The van der Waals surface area contributed by atoms with Crippen LogP contribution in [0.1, 0.15) is 6.42 Å². The highest BCUT2D eigenvalue weighted by Gasteiger charge is 2.15. The summed E-state index contributed by atoms with van der Waals surface area (Å²) in [4.78, 5) is 1.04. The first-order valence-electron chi connectivity index (χ1n) is 4.47. The van der Waals surface area contributed by atoms with Crippen LogP contribution in [0.3, 0.4) is 0 Å². The van der Waals surface area contributed by atoms with Gasteiger partial charge in [0, 0.05) is 16.7 Å². The molecule has 1 heterocycles. The second kappa shape index (κ2) is 4.11. The third-order valence-corrected chi connectivity index (χ3v) is 3.38. The lowest BCUT2D eigenvalue weighted by Crippen LogP contribution is -2.09. The van der Waals surface area contributed by atoms with Gasteiger partial charge in [-0.25, -0.2) is 4.39 Å². The van der Waals surface area contributed by atoms with Crippen molar-refractivity contribution < 1.29 is 4.39 Å². The lowest BCUT2D eigenvalue weighted by Gasteiger charge is -2.07. The highest BCUT2D eigenvalue weighted by Crippen LogP contribution is 2.26. The summed E-state index contributed by atoms with van der Waals surface area (Å²) in [6.45, 7) is 2.13. The Morgan fingerprint density at radius 3 is 3.08 bits per heavy atom. The molecule has 1 fully saturated rings. The van der Waals surface area contributed by atoms with Gasteiger partial charge < -0.3 is 5.32 Å². The van der Waals surface area contributed by atoms with Crippen LogP contribution in [0.5, 0.6) is 0 Å². The summed E-state index contributed by atoms with van der Waals surface area (Å²) >= 11 is 1.76. The number of halogens is 1. The lowest BCUT2D eigenvalue weighted by atomic mass is 10.3. The van der Waals surface area contributed by atoms with Crippen LogP contribution in [0.2, 0.25) is 0 Å². The summed E-state index contributed by atoms with van der Waals surface area (Å²) in [5.74, 6) is -0.143. The summed E-state index contributed by atoms with van der Waals surface area (Å²) in [6.07, 6.45) is 1.18. The Bertz CT molecular complexity index is 284. The fourth-order valence-electron chi connectivity index (χ4n) is 1.46. The quantitative estimate of drug-likeness (QED) is 0.780. The van der Waals surface area contributed by atoms with Crippen molar-refractivity contribution in [2.24, 2.45) is 0 Å². The van der Waals surface area contributed by atoms with Gasteiger partial charge in [-0.1, -0.05) is 6.07 Å². The van der Waals surface area contributed by atoms with E-state index in [9.17, 15) is 4.39 Å². The van der Waals surface area contributed by atoms with E-state index in [4.69, 9.17) is 0 Å². The van der Waals surface area contributed by atoms with Gasteiger partial charge in [0.1, 0.15) is 5.82 Å². The first-order chi connectivity index (χ1) is 6.34. The minimum atomic E-state index is -0.143. The van der Waals surface area contributed by atoms with Crippen molar-refractivity contribution in [1.29, 1.82) is 0 Å². The Morgan fingerprint density at radius 1 is 1.46 bits per heavy atom.